The zero-order valence-electron chi connectivity index (χ0n) is 7.08. The summed E-state index contributed by atoms with van der Waals surface area (Å²) in [5, 5.41) is 7.05. The highest BCUT2D eigenvalue weighted by Gasteiger charge is 1.91. The SMILES string of the molecule is CCNC(N)=NCc1ccsc1. The first-order chi connectivity index (χ1) is 5.83. The molecule has 0 aromatic carbocycles. The molecule has 1 aromatic heterocycles. The van der Waals surface area contributed by atoms with Crippen molar-refractivity contribution in [3.8, 4) is 0 Å². The molecule has 1 rings (SSSR count). The first-order valence-electron chi connectivity index (χ1n) is 3.87. The summed E-state index contributed by atoms with van der Waals surface area (Å²) in [6.45, 7) is 3.48. The molecule has 0 aliphatic rings. The van der Waals surface area contributed by atoms with Gasteiger partial charge in [0.05, 0.1) is 6.54 Å². The van der Waals surface area contributed by atoms with Crippen molar-refractivity contribution in [2.75, 3.05) is 6.54 Å². The fourth-order valence-corrected chi connectivity index (χ4v) is 1.46. The summed E-state index contributed by atoms with van der Waals surface area (Å²) in [6.07, 6.45) is 0. The molecule has 1 heterocycles. The van der Waals surface area contributed by atoms with Crippen LogP contribution in [0.25, 0.3) is 0 Å². The highest BCUT2D eigenvalue weighted by atomic mass is 32.1. The van der Waals surface area contributed by atoms with E-state index in [0.29, 0.717) is 12.5 Å². The van der Waals surface area contributed by atoms with E-state index in [1.54, 1.807) is 11.3 Å². The van der Waals surface area contributed by atoms with Gasteiger partial charge >= 0.3 is 0 Å². The molecule has 0 saturated heterocycles. The second-order valence-corrected chi connectivity index (χ2v) is 3.14. The van der Waals surface area contributed by atoms with E-state index in [2.05, 4.69) is 15.7 Å². The lowest BCUT2D eigenvalue weighted by molar-refractivity contribution is 0.926. The summed E-state index contributed by atoms with van der Waals surface area (Å²) in [6, 6.07) is 2.05. The van der Waals surface area contributed by atoms with Crippen LogP contribution in [0, 0.1) is 0 Å². The van der Waals surface area contributed by atoms with Crippen molar-refractivity contribution in [1.29, 1.82) is 0 Å². The van der Waals surface area contributed by atoms with E-state index < -0.39 is 0 Å². The van der Waals surface area contributed by atoms with Gasteiger partial charge in [-0.1, -0.05) is 0 Å². The standard InChI is InChI=1S/C8H13N3S/c1-2-10-8(9)11-5-7-3-4-12-6-7/h3-4,6H,2,5H2,1H3,(H3,9,10,11). The van der Waals surface area contributed by atoms with Crippen LogP contribution in [-0.2, 0) is 6.54 Å². The van der Waals surface area contributed by atoms with Crippen molar-refractivity contribution in [3.05, 3.63) is 22.4 Å². The van der Waals surface area contributed by atoms with E-state index in [0.717, 1.165) is 6.54 Å². The van der Waals surface area contributed by atoms with Crippen molar-refractivity contribution in [3.63, 3.8) is 0 Å². The third-order valence-electron chi connectivity index (χ3n) is 1.37. The Hall–Kier alpha value is -1.03. The molecule has 0 fully saturated rings. The Morgan fingerprint density at radius 2 is 2.58 bits per heavy atom. The molecular weight excluding hydrogens is 170 g/mol. The van der Waals surface area contributed by atoms with Gasteiger partial charge in [0.2, 0.25) is 0 Å². The molecule has 0 radical (unpaired) electrons. The zero-order valence-corrected chi connectivity index (χ0v) is 7.90. The molecule has 1 aromatic rings. The number of rotatable bonds is 3. The Morgan fingerprint density at radius 1 is 1.75 bits per heavy atom. The first kappa shape index (κ1) is 9.06. The molecule has 66 valence electrons. The molecule has 4 heteroatoms. The van der Waals surface area contributed by atoms with Gasteiger partial charge in [-0.25, -0.2) is 4.99 Å². The van der Waals surface area contributed by atoms with E-state index >= 15 is 0 Å². The van der Waals surface area contributed by atoms with Gasteiger partial charge in [0, 0.05) is 6.54 Å². The monoisotopic (exact) mass is 183 g/mol. The number of nitrogens with one attached hydrogen (secondary N) is 1. The number of nitrogens with two attached hydrogens (primary N) is 1. The largest absolute Gasteiger partial charge is 0.370 e. The van der Waals surface area contributed by atoms with Gasteiger partial charge in [-0.3, -0.25) is 0 Å². The molecule has 0 saturated carbocycles. The maximum atomic E-state index is 5.54. The van der Waals surface area contributed by atoms with E-state index in [4.69, 9.17) is 5.73 Å². The summed E-state index contributed by atoms with van der Waals surface area (Å²) < 4.78 is 0. The van der Waals surface area contributed by atoms with E-state index in [9.17, 15) is 0 Å². The van der Waals surface area contributed by atoms with Gasteiger partial charge in [-0.2, -0.15) is 11.3 Å². The van der Waals surface area contributed by atoms with Crippen molar-refractivity contribution in [1.82, 2.24) is 5.32 Å². The number of hydrogen-bond donors (Lipinski definition) is 2. The predicted octanol–water partition coefficient (Wildman–Crippen LogP) is 1.17. The van der Waals surface area contributed by atoms with Crippen LogP contribution in [0.4, 0.5) is 0 Å². The predicted molar refractivity (Wildman–Crippen MR) is 53.3 cm³/mol. The lowest BCUT2D eigenvalue weighted by atomic mass is 10.3. The molecule has 0 atom stereocenters. The Kier molecular flexibility index (Phi) is 3.60. The number of thiophene rings is 1. The lowest BCUT2D eigenvalue weighted by Gasteiger charge is -1.99. The summed E-state index contributed by atoms with van der Waals surface area (Å²) in [5.41, 5.74) is 6.75. The normalized spacial score (nSPS) is 11.6. The Bertz CT molecular complexity index is 241. The molecular formula is C8H13N3S. The molecule has 0 unspecified atom stereocenters. The first-order valence-corrected chi connectivity index (χ1v) is 4.82. The maximum absolute atomic E-state index is 5.54. The van der Waals surface area contributed by atoms with Crippen LogP contribution in [0.2, 0.25) is 0 Å². The Labute approximate surface area is 76.3 Å². The van der Waals surface area contributed by atoms with E-state index in [-0.39, 0.29) is 0 Å². The van der Waals surface area contributed by atoms with Crippen LogP contribution < -0.4 is 11.1 Å². The third kappa shape index (κ3) is 2.92. The molecule has 0 aliphatic heterocycles. The smallest absolute Gasteiger partial charge is 0.188 e. The van der Waals surface area contributed by atoms with E-state index in [1.807, 2.05) is 18.4 Å². The molecule has 0 amide bonds. The highest BCUT2D eigenvalue weighted by Crippen LogP contribution is 2.06. The highest BCUT2D eigenvalue weighted by molar-refractivity contribution is 7.07. The average molecular weight is 183 g/mol. The molecule has 0 spiro atoms. The van der Waals surface area contributed by atoms with Crippen LogP contribution in [-0.4, -0.2) is 12.5 Å². The maximum Gasteiger partial charge on any atom is 0.188 e. The van der Waals surface area contributed by atoms with Gasteiger partial charge in [-0.15, -0.1) is 0 Å². The number of guanidine groups is 1. The Balaban J connectivity index is 2.38. The Morgan fingerprint density at radius 3 is 3.17 bits per heavy atom. The lowest BCUT2D eigenvalue weighted by Crippen LogP contribution is -2.31. The minimum Gasteiger partial charge on any atom is -0.370 e. The van der Waals surface area contributed by atoms with Crippen LogP contribution in [0.5, 0.6) is 0 Å². The van der Waals surface area contributed by atoms with Gasteiger partial charge in [-0.05, 0) is 29.3 Å². The third-order valence-corrected chi connectivity index (χ3v) is 2.10. The van der Waals surface area contributed by atoms with Crippen molar-refractivity contribution in [2.24, 2.45) is 10.7 Å². The second kappa shape index (κ2) is 4.77. The minimum atomic E-state index is 0.517. The summed E-state index contributed by atoms with van der Waals surface area (Å²) in [7, 11) is 0. The van der Waals surface area contributed by atoms with Crippen molar-refractivity contribution in [2.45, 2.75) is 13.5 Å². The van der Waals surface area contributed by atoms with Gasteiger partial charge in [0.15, 0.2) is 5.96 Å². The molecule has 12 heavy (non-hydrogen) atoms. The van der Waals surface area contributed by atoms with Crippen molar-refractivity contribution < 1.29 is 0 Å². The summed E-state index contributed by atoms with van der Waals surface area (Å²) >= 11 is 1.67. The van der Waals surface area contributed by atoms with Crippen LogP contribution in [0.3, 0.4) is 0 Å². The molecule has 0 aliphatic carbocycles. The fraction of sp³-hybridized carbons (Fsp3) is 0.375. The second-order valence-electron chi connectivity index (χ2n) is 2.36. The number of hydrogen-bond acceptors (Lipinski definition) is 2. The topological polar surface area (TPSA) is 50.4 Å². The molecule has 3 N–H and O–H groups in total. The fourth-order valence-electron chi connectivity index (χ4n) is 0.796. The van der Waals surface area contributed by atoms with E-state index in [1.165, 1.54) is 5.56 Å². The summed E-state index contributed by atoms with van der Waals surface area (Å²) in [5.74, 6) is 0.517. The van der Waals surface area contributed by atoms with Gasteiger partial charge in [0.25, 0.3) is 0 Å². The number of aliphatic imine (C=N–C) groups is 1. The van der Waals surface area contributed by atoms with Gasteiger partial charge in [0.1, 0.15) is 0 Å². The molecule has 3 nitrogen and oxygen atoms in total. The number of nitrogens with zero attached hydrogens (tertiary/aromatic N) is 1. The average Bonchev–Trinajstić information content (AvgIpc) is 2.53. The van der Waals surface area contributed by atoms with Crippen LogP contribution in [0.1, 0.15) is 12.5 Å². The van der Waals surface area contributed by atoms with Crippen LogP contribution >= 0.6 is 11.3 Å². The van der Waals surface area contributed by atoms with Gasteiger partial charge < -0.3 is 11.1 Å². The quantitative estimate of drug-likeness (QED) is 0.546. The zero-order chi connectivity index (χ0) is 8.81. The van der Waals surface area contributed by atoms with Crippen molar-refractivity contribution >= 4 is 17.3 Å². The molecule has 0 bridgehead atoms. The minimum absolute atomic E-state index is 0.517. The van der Waals surface area contributed by atoms with Crippen LogP contribution in [0.15, 0.2) is 21.8 Å². The summed E-state index contributed by atoms with van der Waals surface area (Å²) in [4.78, 5) is 4.15.